The SMILES string of the molecule is N[C@@H](CF)c1c(F)cccc1C(F)(F)F. The topological polar surface area (TPSA) is 26.0 Å². The van der Waals surface area contributed by atoms with Gasteiger partial charge in [0.1, 0.15) is 12.5 Å². The molecule has 0 spiro atoms. The van der Waals surface area contributed by atoms with Crippen LogP contribution in [0.4, 0.5) is 22.0 Å². The zero-order chi connectivity index (χ0) is 11.6. The van der Waals surface area contributed by atoms with Crippen molar-refractivity contribution in [3.8, 4) is 0 Å². The van der Waals surface area contributed by atoms with Crippen molar-refractivity contribution >= 4 is 0 Å². The van der Waals surface area contributed by atoms with Gasteiger partial charge in [-0.05, 0) is 12.1 Å². The summed E-state index contributed by atoms with van der Waals surface area (Å²) < 4.78 is 62.4. The van der Waals surface area contributed by atoms with E-state index in [-0.39, 0.29) is 0 Å². The molecule has 1 atom stereocenters. The zero-order valence-electron chi connectivity index (χ0n) is 7.48. The Morgan fingerprint density at radius 3 is 2.33 bits per heavy atom. The van der Waals surface area contributed by atoms with Crippen LogP contribution in [0, 0.1) is 5.82 Å². The molecule has 0 fully saturated rings. The lowest BCUT2D eigenvalue weighted by atomic mass is 10.0. The Morgan fingerprint density at radius 2 is 1.87 bits per heavy atom. The molecule has 0 aliphatic rings. The summed E-state index contributed by atoms with van der Waals surface area (Å²) in [4.78, 5) is 0. The van der Waals surface area contributed by atoms with Gasteiger partial charge in [0.2, 0.25) is 0 Å². The van der Waals surface area contributed by atoms with Gasteiger partial charge in [-0.2, -0.15) is 13.2 Å². The first-order valence-electron chi connectivity index (χ1n) is 4.05. The summed E-state index contributed by atoms with van der Waals surface area (Å²) in [6.45, 7) is -1.25. The fourth-order valence-corrected chi connectivity index (χ4v) is 1.24. The molecule has 0 aliphatic carbocycles. The normalized spacial score (nSPS) is 14.0. The Labute approximate surface area is 82.7 Å². The molecule has 0 saturated carbocycles. The van der Waals surface area contributed by atoms with Crippen molar-refractivity contribution in [3.63, 3.8) is 0 Å². The maximum atomic E-state index is 13.1. The highest BCUT2D eigenvalue weighted by Gasteiger charge is 2.35. The van der Waals surface area contributed by atoms with E-state index < -0.39 is 35.8 Å². The number of alkyl halides is 4. The number of hydrogen-bond acceptors (Lipinski definition) is 1. The third-order valence-electron chi connectivity index (χ3n) is 1.90. The highest BCUT2D eigenvalue weighted by molar-refractivity contribution is 5.33. The average molecular weight is 225 g/mol. The van der Waals surface area contributed by atoms with E-state index in [2.05, 4.69) is 0 Å². The molecule has 1 aromatic rings. The number of rotatable bonds is 2. The van der Waals surface area contributed by atoms with Gasteiger partial charge in [-0.25, -0.2) is 8.78 Å². The summed E-state index contributed by atoms with van der Waals surface area (Å²) in [5.74, 6) is -1.14. The van der Waals surface area contributed by atoms with E-state index in [0.29, 0.717) is 6.07 Å². The van der Waals surface area contributed by atoms with Crippen molar-refractivity contribution in [2.24, 2.45) is 5.73 Å². The summed E-state index contributed by atoms with van der Waals surface area (Å²) in [6, 6.07) is 0.809. The Balaban J connectivity index is 3.33. The third kappa shape index (κ3) is 2.44. The summed E-state index contributed by atoms with van der Waals surface area (Å²) in [7, 11) is 0. The second-order valence-electron chi connectivity index (χ2n) is 2.96. The number of benzene rings is 1. The van der Waals surface area contributed by atoms with Gasteiger partial charge in [0.05, 0.1) is 11.6 Å². The van der Waals surface area contributed by atoms with Crippen molar-refractivity contribution in [3.05, 3.63) is 35.1 Å². The Hall–Kier alpha value is -1.17. The lowest BCUT2D eigenvalue weighted by molar-refractivity contribution is -0.138. The monoisotopic (exact) mass is 225 g/mol. The second-order valence-corrected chi connectivity index (χ2v) is 2.96. The van der Waals surface area contributed by atoms with Gasteiger partial charge in [-0.15, -0.1) is 0 Å². The summed E-state index contributed by atoms with van der Waals surface area (Å²) in [6.07, 6.45) is -4.73. The van der Waals surface area contributed by atoms with Gasteiger partial charge < -0.3 is 5.73 Å². The maximum Gasteiger partial charge on any atom is 0.416 e. The van der Waals surface area contributed by atoms with Crippen LogP contribution in [0.5, 0.6) is 0 Å². The summed E-state index contributed by atoms with van der Waals surface area (Å²) in [5, 5.41) is 0. The van der Waals surface area contributed by atoms with Gasteiger partial charge in [0.25, 0.3) is 0 Å². The van der Waals surface area contributed by atoms with E-state index >= 15 is 0 Å². The fourth-order valence-electron chi connectivity index (χ4n) is 1.24. The van der Waals surface area contributed by atoms with Crippen LogP contribution in [0.2, 0.25) is 0 Å². The zero-order valence-corrected chi connectivity index (χ0v) is 7.48. The first-order chi connectivity index (χ1) is 6.88. The lowest BCUT2D eigenvalue weighted by Crippen LogP contribution is -2.20. The second kappa shape index (κ2) is 4.14. The van der Waals surface area contributed by atoms with E-state index in [1.165, 1.54) is 0 Å². The van der Waals surface area contributed by atoms with Crippen LogP contribution in [0.25, 0.3) is 0 Å². The van der Waals surface area contributed by atoms with Crippen LogP contribution in [-0.2, 0) is 6.18 Å². The molecule has 0 saturated heterocycles. The molecule has 0 aromatic heterocycles. The van der Waals surface area contributed by atoms with Crippen molar-refractivity contribution in [2.75, 3.05) is 6.67 Å². The molecule has 0 unspecified atom stereocenters. The minimum Gasteiger partial charge on any atom is -0.322 e. The largest absolute Gasteiger partial charge is 0.416 e. The van der Waals surface area contributed by atoms with Crippen LogP contribution in [0.15, 0.2) is 18.2 Å². The van der Waals surface area contributed by atoms with E-state index in [1.807, 2.05) is 0 Å². The number of nitrogens with two attached hydrogens (primary N) is 1. The molecule has 0 heterocycles. The molecule has 0 amide bonds. The predicted molar refractivity (Wildman–Crippen MR) is 44.3 cm³/mol. The third-order valence-corrected chi connectivity index (χ3v) is 1.90. The highest BCUT2D eigenvalue weighted by atomic mass is 19.4. The van der Waals surface area contributed by atoms with Crippen LogP contribution in [0.3, 0.4) is 0 Å². The molecule has 0 aliphatic heterocycles. The molecular weight excluding hydrogens is 217 g/mol. The average Bonchev–Trinajstić information content (AvgIpc) is 2.15. The minimum atomic E-state index is -4.73. The molecule has 0 radical (unpaired) electrons. The van der Waals surface area contributed by atoms with Crippen LogP contribution in [0.1, 0.15) is 17.2 Å². The number of halogens is 5. The molecule has 6 heteroatoms. The highest BCUT2D eigenvalue weighted by Crippen LogP contribution is 2.35. The van der Waals surface area contributed by atoms with E-state index in [0.717, 1.165) is 12.1 Å². The Bertz CT molecular complexity index is 347. The standard InChI is InChI=1S/C9H8F5N/c10-4-7(15)8-5(9(12,13)14)2-1-3-6(8)11/h1-3,7H,4,15H2/t7-/m0/s1. The molecule has 84 valence electrons. The molecule has 0 bridgehead atoms. The van der Waals surface area contributed by atoms with Gasteiger partial charge in [-0.1, -0.05) is 6.07 Å². The van der Waals surface area contributed by atoms with E-state index in [1.54, 1.807) is 0 Å². The molecule has 1 aromatic carbocycles. The van der Waals surface area contributed by atoms with Crippen molar-refractivity contribution in [1.29, 1.82) is 0 Å². The Kier molecular flexibility index (Phi) is 3.28. The fraction of sp³-hybridized carbons (Fsp3) is 0.333. The van der Waals surface area contributed by atoms with Gasteiger partial charge in [-0.3, -0.25) is 0 Å². The Morgan fingerprint density at radius 1 is 1.27 bits per heavy atom. The van der Waals surface area contributed by atoms with E-state index in [9.17, 15) is 22.0 Å². The maximum absolute atomic E-state index is 13.1. The smallest absolute Gasteiger partial charge is 0.322 e. The first-order valence-corrected chi connectivity index (χ1v) is 4.05. The van der Waals surface area contributed by atoms with Gasteiger partial charge >= 0.3 is 6.18 Å². The molecule has 1 rings (SSSR count). The van der Waals surface area contributed by atoms with E-state index in [4.69, 9.17) is 5.73 Å². The number of hydrogen-bond donors (Lipinski definition) is 1. The van der Waals surface area contributed by atoms with Crippen molar-refractivity contribution in [2.45, 2.75) is 12.2 Å². The predicted octanol–water partition coefficient (Wildman–Crippen LogP) is 2.81. The minimum absolute atomic E-state index is 0.675. The lowest BCUT2D eigenvalue weighted by Gasteiger charge is -2.16. The molecule has 2 N–H and O–H groups in total. The quantitative estimate of drug-likeness (QED) is 0.769. The van der Waals surface area contributed by atoms with Gasteiger partial charge in [0.15, 0.2) is 0 Å². The molecule has 1 nitrogen and oxygen atoms in total. The van der Waals surface area contributed by atoms with Crippen LogP contribution < -0.4 is 5.73 Å². The summed E-state index contributed by atoms with van der Waals surface area (Å²) >= 11 is 0. The van der Waals surface area contributed by atoms with Crippen molar-refractivity contribution < 1.29 is 22.0 Å². The van der Waals surface area contributed by atoms with Crippen LogP contribution >= 0.6 is 0 Å². The molecular formula is C9H8F5N. The van der Waals surface area contributed by atoms with Gasteiger partial charge in [0, 0.05) is 5.56 Å². The van der Waals surface area contributed by atoms with Crippen molar-refractivity contribution in [1.82, 2.24) is 0 Å². The molecule has 15 heavy (non-hydrogen) atoms. The van der Waals surface area contributed by atoms with Crippen LogP contribution in [-0.4, -0.2) is 6.67 Å². The summed E-state index contributed by atoms with van der Waals surface area (Å²) in [5.41, 5.74) is 3.02. The first kappa shape index (κ1) is 11.9.